The molecule has 4 amide bonds. The molecule has 1 aliphatic rings. The van der Waals surface area contributed by atoms with E-state index < -0.39 is 6.04 Å². The second-order valence-electron chi connectivity index (χ2n) is 6.71. The monoisotopic (exact) mass is 359 g/mol. The Morgan fingerprint density at radius 3 is 2.65 bits per heavy atom. The summed E-state index contributed by atoms with van der Waals surface area (Å²) in [6.45, 7) is 5.49. The summed E-state index contributed by atoms with van der Waals surface area (Å²) in [6, 6.07) is 8.98. The van der Waals surface area contributed by atoms with Crippen LogP contribution < -0.4 is 5.32 Å². The van der Waals surface area contributed by atoms with Gasteiger partial charge in [0.15, 0.2) is 0 Å². The maximum Gasteiger partial charge on any atom is 0.327 e. The van der Waals surface area contributed by atoms with Crippen LogP contribution in [0.15, 0.2) is 30.3 Å². The number of benzene rings is 1. The summed E-state index contributed by atoms with van der Waals surface area (Å²) in [7, 11) is 0. The fourth-order valence-electron chi connectivity index (χ4n) is 3.44. The molecule has 0 aromatic heterocycles. The van der Waals surface area contributed by atoms with Crippen LogP contribution in [-0.2, 0) is 9.59 Å². The number of rotatable bonds is 7. The highest BCUT2D eigenvalue weighted by Crippen LogP contribution is 2.27. The normalized spacial score (nSPS) is 18.1. The summed E-state index contributed by atoms with van der Waals surface area (Å²) in [6.07, 6.45) is 3.60. The van der Waals surface area contributed by atoms with E-state index in [9.17, 15) is 14.4 Å². The highest BCUT2D eigenvalue weighted by molar-refractivity contribution is 5.93. The van der Waals surface area contributed by atoms with Crippen molar-refractivity contribution in [1.82, 2.24) is 15.1 Å². The third-order valence-corrected chi connectivity index (χ3v) is 4.87. The van der Waals surface area contributed by atoms with E-state index in [0.717, 1.165) is 24.2 Å². The molecule has 1 aromatic carbocycles. The lowest BCUT2D eigenvalue weighted by Gasteiger charge is -2.36. The number of piperidine rings is 1. The molecule has 1 aliphatic heterocycles. The second-order valence-corrected chi connectivity index (χ2v) is 6.71. The smallest absolute Gasteiger partial charge is 0.327 e. The van der Waals surface area contributed by atoms with Crippen LogP contribution in [-0.4, -0.2) is 53.8 Å². The van der Waals surface area contributed by atoms with E-state index in [0.29, 0.717) is 32.5 Å². The molecular formula is C20H29N3O3. The van der Waals surface area contributed by atoms with Crippen LogP contribution >= 0.6 is 0 Å². The van der Waals surface area contributed by atoms with Gasteiger partial charge in [0.05, 0.1) is 0 Å². The number of carbonyl (C=O) groups excluding carboxylic acids is 3. The number of imide groups is 1. The molecule has 0 radical (unpaired) electrons. The number of nitrogens with zero attached hydrogens (tertiary/aromatic N) is 2. The fourth-order valence-corrected chi connectivity index (χ4v) is 3.44. The van der Waals surface area contributed by atoms with Crippen LogP contribution in [0.4, 0.5) is 4.79 Å². The van der Waals surface area contributed by atoms with Crippen LogP contribution in [0.1, 0.15) is 51.0 Å². The van der Waals surface area contributed by atoms with Crippen molar-refractivity contribution in [3.8, 4) is 0 Å². The molecule has 0 spiro atoms. The molecule has 1 fully saturated rings. The standard InChI is InChI=1S/C20H29N3O3/c1-3-12-21-19(25)18(4-2)23(15-24)20(26)22-13-8-11-17(14-22)16-9-6-5-7-10-16/h5-7,9-10,15,17-18H,3-4,8,11-14H2,1-2H3,(H,21,25). The summed E-state index contributed by atoms with van der Waals surface area (Å²) < 4.78 is 0. The maximum absolute atomic E-state index is 12.9. The van der Waals surface area contributed by atoms with Crippen molar-refractivity contribution in [3.05, 3.63) is 35.9 Å². The Kier molecular flexibility index (Phi) is 7.63. The zero-order valence-corrected chi connectivity index (χ0v) is 15.7. The van der Waals surface area contributed by atoms with Gasteiger partial charge in [-0.05, 0) is 31.2 Å². The number of urea groups is 1. The van der Waals surface area contributed by atoms with Gasteiger partial charge < -0.3 is 10.2 Å². The van der Waals surface area contributed by atoms with E-state index >= 15 is 0 Å². The van der Waals surface area contributed by atoms with Gasteiger partial charge in [-0.3, -0.25) is 14.5 Å². The average Bonchev–Trinajstić information content (AvgIpc) is 2.70. The summed E-state index contributed by atoms with van der Waals surface area (Å²) in [5.41, 5.74) is 1.20. The number of nitrogens with one attached hydrogen (secondary N) is 1. The molecule has 6 nitrogen and oxygen atoms in total. The molecule has 1 N–H and O–H groups in total. The van der Waals surface area contributed by atoms with E-state index in [4.69, 9.17) is 0 Å². The first-order chi connectivity index (χ1) is 12.6. The van der Waals surface area contributed by atoms with Gasteiger partial charge in [-0.15, -0.1) is 0 Å². The minimum atomic E-state index is -0.761. The Labute approximate surface area is 155 Å². The van der Waals surface area contributed by atoms with E-state index in [-0.39, 0.29) is 17.9 Å². The van der Waals surface area contributed by atoms with Crippen LogP contribution in [0.25, 0.3) is 0 Å². The Morgan fingerprint density at radius 2 is 2.04 bits per heavy atom. The lowest BCUT2D eigenvalue weighted by atomic mass is 9.91. The lowest BCUT2D eigenvalue weighted by molar-refractivity contribution is -0.131. The Morgan fingerprint density at radius 1 is 1.31 bits per heavy atom. The van der Waals surface area contributed by atoms with Crippen LogP contribution in [0.2, 0.25) is 0 Å². The molecule has 26 heavy (non-hydrogen) atoms. The van der Waals surface area contributed by atoms with Crippen molar-refractivity contribution in [2.75, 3.05) is 19.6 Å². The molecule has 6 heteroatoms. The number of likely N-dealkylation sites (tertiary alicyclic amines) is 1. The molecule has 1 heterocycles. The fraction of sp³-hybridized carbons (Fsp3) is 0.550. The first kappa shape index (κ1) is 19.9. The Bertz CT molecular complexity index is 606. The van der Waals surface area contributed by atoms with E-state index in [1.54, 1.807) is 4.90 Å². The third-order valence-electron chi connectivity index (χ3n) is 4.87. The SMILES string of the molecule is CCCNC(=O)C(CC)N(C=O)C(=O)N1CCCC(c2ccccc2)C1. The minimum absolute atomic E-state index is 0.261. The molecule has 2 rings (SSSR count). The lowest BCUT2D eigenvalue weighted by Crippen LogP contribution is -2.54. The molecule has 0 saturated carbocycles. The molecule has 2 unspecified atom stereocenters. The molecule has 2 atom stereocenters. The maximum atomic E-state index is 12.9. The number of hydrogen-bond acceptors (Lipinski definition) is 3. The Hall–Kier alpha value is -2.37. The first-order valence-electron chi connectivity index (χ1n) is 9.47. The van der Waals surface area contributed by atoms with E-state index in [1.807, 2.05) is 32.0 Å². The van der Waals surface area contributed by atoms with Crippen molar-refractivity contribution in [2.24, 2.45) is 0 Å². The first-order valence-corrected chi connectivity index (χ1v) is 9.47. The van der Waals surface area contributed by atoms with Gasteiger partial charge in [-0.1, -0.05) is 44.2 Å². The van der Waals surface area contributed by atoms with E-state index in [2.05, 4.69) is 17.4 Å². The summed E-state index contributed by atoms with van der Waals surface area (Å²) in [5.74, 6) is -0.0113. The van der Waals surface area contributed by atoms with Crippen LogP contribution in [0.3, 0.4) is 0 Å². The number of hydrogen-bond donors (Lipinski definition) is 1. The summed E-state index contributed by atoms with van der Waals surface area (Å²) in [5, 5.41) is 2.78. The number of amides is 4. The van der Waals surface area contributed by atoms with Crippen molar-refractivity contribution in [1.29, 1.82) is 0 Å². The molecule has 0 aliphatic carbocycles. The highest BCUT2D eigenvalue weighted by atomic mass is 16.2. The van der Waals surface area contributed by atoms with Gasteiger partial charge in [0.1, 0.15) is 6.04 Å². The largest absolute Gasteiger partial charge is 0.354 e. The van der Waals surface area contributed by atoms with Crippen molar-refractivity contribution >= 4 is 18.3 Å². The van der Waals surface area contributed by atoms with Gasteiger partial charge in [0, 0.05) is 25.6 Å². The predicted octanol–water partition coefficient (Wildman–Crippen LogP) is 2.75. The van der Waals surface area contributed by atoms with E-state index in [1.165, 1.54) is 5.56 Å². The van der Waals surface area contributed by atoms with Gasteiger partial charge in [0.2, 0.25) is 12.3 Å². The third kappa shape index (κ3) is 4.84. The zero-order valence-electron chi connectivity index (χ0n) is 15.7. The van der Waals surface area contributed by atoms with Crippen LogP contribution in [0, 0.1) is 0 Å². The minimum Gasteiger partial charge on any atom is -0.354 e. The molecule has 142 valence electrons. The number of carbonyl (C=O) groups is 3. The quantitative estimate of drug-likeness (QED) is 0.761. The molecule has 1 saturated heterocycles. The average molecular weight is 359 g/mol. The van der Waals surface area contributed by atoms with Crippen molar-refractivity contribution in [2.45, 2.75) is 51.5 Å². The topological polar surface area (TPSA) is 69.7 Å². The summed E-state index contributed by atoms with van der Waals surface area (Å²) in [4.78, 5) is 39.6. The molecular weight excluding hydrogens is 330 g/mol. The van der Waals surface area contributed by atoms with Gasteiger partial charge in [-0.2, -0.15) is 0 Å². The molecule has 1 aromatic rings. The highest BCUT2D eigenvalue weighted by Gasteiger charge is 2.33. The van der Waals surface area contributed by atoms with Gasteiger partial charge in [0.25, 0.3) is 0 Å². The summed E-state index contributed by atoms with van der Waals surface area (Å²) >= 11 is 0. The van der Waals surface area contributed by atoms with Crippen molar-refractivity contribution < 1.29 is 14.4 Å². The van der Waals surface area contributed by atoms with Gasteiger partial charge in [-0.25, -0.2) is 4.79 Å². The Balaban J connectivity index is 2.08. The predicted molar refractivity (Wildman–Crippen MR) is 101 cm³/mol. The van der Waals surface area contributed by atoms with Crippen LogP contribution in [0.5, 0.6) is 0 Å². The second kappa shape index (κ2) is 9.94. The van der Waals surface area contributed by atoms with Crippen molar-refractivity contribution in [3.63, 3.8) is 0 Å². The zero-order chi connectivity index (χ0) is 18.9. The molecule has 0 bridgehead atoms. The van der Waals surface area contributed by atoms with Gasteiger partial charge >= 0.3 is 6.03 Å².